The summed E-state index contributed by atoms with van der Waals surface area (Å²) in [7, 11) is 1.39. The molecule has 7 nitrogen and oxygen atoms in total. The number of hydrogen-bond acceptors (Lipinski definition) is 7. The van der Waals surface area contributed by atoms with Gasteiger partial charge in [0.1, 0.15) is 5.78 Å². The minimum atomic E-state index is -0.892. The SMILES string of the molecule is COC(=O)C1=C2Nc3ccccc3[C@]23CCN(Cc2ccccc2)[C@H]3[C@](CCCOC(=O)c2ccccc2)(C(C)=O)C1. The summed E-state index contributed by atoms with van der Waals surface area (Å²) in [6, 6.07) is 27.2. The van der Waals surface area contributed by atoms with Gasteiger partial charge in [0, 0.05) is 35.9 Å². The Balaban J connectivity index is 1.41. The van der Waals surface area contributed by atoms with Gasteiger partial charge in [-0.25, -0.2) is 9.59 Å². The smallest absolute Gasteiger partial charge is 0.338 e. The van der Waals surface area contributed by atoms with Gasteiger partial charge >= 0.3 is 11.9 Å². The maximum Gasteiger partial charge on any atom is 0.338 e. The number of hydrogen-bond donors (Lipinski definition) is 1. The molecule has 0 aromatic heterocycles. The van der Waals surface area contributed by atoms with Crippen LogP contribution in [0, 0.1) is 5.41 Å². The molecule has 42 heavy (non-hydrogen) atoms. The van der Waals surface area contributed by atoms with E-state index in [1.165, 1.54) is 12.7 Å². The van der Waals surface area contributed by atoms with E-state index in [9.17, 15) is 14.4 Å². The predicted molar refractivity (Wildman–Crippen MR) is 160 cm³/mol. The van der Waals surface area contributed by atoms with Gasteiger partial charge < -0.3 is 14.8 Å². The highest BCUT2D eigenvalue weighted by Gasteiger charge is 2.67. The van der Waals surface area contributed by atoms with Gasteiger partial charge in [-0.1, -0.05) is 66.7 Å². The average Bonchev–Trinajstić information content (AvgIpc) is 3.57. The van der Waals surface area contributed by atoms with Crippen molar-refractivity contribution in [3.05, 3.63) is 113 Å². The van der Waals surface area contributed by atoms with Crippen molar-refractivity contribution >= 4 is 23.4 Å². The Labute approximate surface area is 246 Å². The molecule has 0 bridgehead atoms. The lowest BCUT2D eigenvalue weighted by molar-refractivity contribution is -0.139. The molecule has 0 amide bonds. The van der Waals surface area contributed by atoms with Crippen LogP contribution in [0.5, 0.6) is 0 Å². The first kappa shape index (κ1) is 27.9. The Morgan fingerprint density at radius 1 is 0.929 bits per heavy atom. The van der Waals surface area contributed by atoms with Gasteiger partial charge in [0.2, 0.25) is 0 Å². The number of benzene rings is 3. The van der Waals surface area contributed by atoms with E-state index >= 15 is 0 Å². The zero-order chi connectivity index (χ0) is 29.3. The van der Waals surface area contributed by atoms with Gasteiger partial charge in [0.15, 0.2) is 0 Å². The number of anilines is 1. The number of nitrogens with one attached hydrogen (secondary N) is 1. The number of rotatable bonds is 9. The molecule has 2 heterocycles. The van der Waals surface area contributed by atoms with Crippen molar-refractivity contribution in [2.45, 2.75) is 50.6 Å². The van der Waals surface area contributed by atoms with E-state index in [2.05, 4.69) is 28.4 Å². The van der Waals surface area contributed by atoms with Gasteiger partial charge in [-0.15, -0.1) is 0 Å². The molecule has 2 aliphatic heterocycles. The highest BCUT2D eigenvalue weighted by atomic mass is 16.5. The summed E-state index contributed by atoms with van der Waals surface area (Å²) < 4.78 is 10.9. The summed E-state index contributed by atoms with van der Waals surface area (Å²) in [4.78, 5) is 42.5. The summed E-state index contributed by atoms with van der Waals surface area (Å²) >= 11 is 0. The van der Waals surface area contributed by atoms with E-state index < -0.39 is 16.8 Å². The second kappa shape index (κ2) is 11.2. The van der Waals surface area contributed by atoms with Crippen LogP contribution in [0.3, 0.4) is 0 Å². The quantitative estimate of drug-likeness (QED) is 0.265. The molecular weight excluding hydrogens is 528 g/mol. The molecule has 0 saturated carbocycles. The van der Waals surface area contributed by atoms with Crippen molar-refractivity contribution in [3.8, 4) is 0 Å². The number of esters is 2. The fourth-order valence-corrected chi connectivity index (χ4v) is 7.68. The molecule has 3 atom stereocenters. The topological polar surface area (TPSA) is 84.9 Å². The van der Waals surface area contributed by atoms with Gasteiger partial charge in [0.05, 0.1) is 30.3 Å². The van der Waals surface area contributed by atoms with E-state index in [1.54, 1.807) is 31.2 Å². The second-order valence-corrected chi connectivity index (χ2v) is 11.6. The molecular formula is C35H36N2O5. The van der Waals surface area contributed by atoms with Crippen LogP contribution in [0.15, 0.2) is 96.2 Å². The van der Waals surface area contributed by atoms with E-state index in [1.807, 2.05) is 42.5 Å². The van der Waals surface area contributed by atoms with E-state index in [4.69, 9.17) is 9.47 Å². The molecule has 3 aliphatic rings. The summed E-state index contributed by atoms with van der Waals surface area (Å²) in [5.74, 6) is -0.762. The van der Waals surface area contributed by atoms with Crippen molar-refractivity contribution in [1.82, 2.24) is 4.90 Å². The minimum Gasteiger partial charge on any atom is -0.466 e. The van der Waals surface area contributed by atoms with Crippen molar-refractivity contribution in [2.75, 3.05) is 25.6 Å². The number of carbonyl (C=O) groups is 3. The fourth-order valence-electron chi connectivity index (χ4n) is 7.68. The van der Waals surface area contributed by atoms with Crippen LogP contribution in [0.2, 0.25) is 0 Å². The Kier molecular flexibility index (Phi) is 7.45. The third kappa shape index (κ3) is 4.52. The number of para-hydroxylation sites is 1. The van der Waals surface area contributed by atoms with Gasteiger partial charge in [0.25, 0.3) is 0 Å². The van der Waals surface area contributed by atoms with E-state index in [-0.39, 0.29) is 30.8 Å². The molecule has 3 aromatic carbocycles. The molecule has 1 aliphatic carbocycles. The van der Waals surface area contributed by atoms with Crippen molar-refractivity contribution in [1.29, 1.82) is 0 Å². The largest absolute Gasteiger partial charge is 0.466 e. The Morgan fingerprint density at radius 3 is 2.33 bits per heavy atom. The molecule has 1 spiro atoms. The highest BCUT2D eigenvalue weighted by Crippen LogP contribution is 2.63. The van der Waals surface area contributed by atoms with Crippen LogP contribution in [0.1, 0.15) is 54.1 Å². The summed E-state index contributed by atoms with van der Waals surface area (Å²) in [6.45, 7) is 3.29. The number of nitrogens with zero attached hydrogens (tertiary/aromatic N) is 1. The van der Waals surface area contributed by atoms with Crippen LogP contribution in [0.25, 0.3) is 0 Å². The van der Waals surface area contributed by atoms with E-state index in [0.717, 1.165) is 29.9 Å². The first-order valence-electron chi connectivity index (χ1n) is 14.6. The monoisotopic (exact) mass is 564 g/mol. The normalized spacial score (nSPS) is 24.3. The maximum absolute atomic E-state index is 14.0. The average molecular weight is 565 g/mol. The number of fused-ring (bicyclic) bond motifs is 1. The lowest BCUT2D eigenvalue weighted by atomic mass is 9.54. The Hall–Kier alpha value is -4.23. The zero-order valence-electron chi connectivity index (χ0n) is 24.1. The van der Waals surface area contributed by atoms with Gasteiger partial charge in [-0.05, 0) is 61.9 Å². The summed E-state index contributed by atoms with van der Waals surface area (Å²) in [5.41, 5.74) is 3.68. The Bertz CT molecular complexity index is 1540. The molecule has 3 aromatic rings. The summed E-state index contributed by atoms with van der Waals surface area (Å²) in [6.07, 6.45) is 1.98. The van der Waals surface area contributed by atoms with Gasteiger partial charge in [-0.2, -0.15) is 0 Å². The van der Waals surface area contributed by atoms with Crippen LogP contribution >= 0.6 is 0 Å². The molecule has 0 radical (unpaired) electrons. The molecule has 1 N–H and O–H groups in total. The number of ether oxygens (including phenoxy) is 2. The van der Waals surface area contributed by atoms with Crippen molar-refractivity contribution in [3.63, 3.8) is 0 Å². The lowest BCUT2D eigenvalue weighted by Gasteiger charge is -2.52. The van der Waals surface area contributed by atoms with Crippen LogP contribution in [-0.2, 0) is 31.0 Å². The standard InChI is InChI=1S/C35H36N2O5/c1-24(38)34(18-11-21-42-31(39)26-14-7-4-8-15-26)22-27(32(40)41-2)30-35(28-16-9-10-17-29(28)36-30)19-20-37(33(34)35)23-25-12-5-3-6-13-25/h3-10,12-17,33,36H,11,18-23H2,1-2H3/t33-,34-,35+/m0/s1. The molecule has 6 rings (SSSR count). The second-order valence-electron chi connectivity index (χ2n) is 11.6. The molecule has 1 fully saturated rings. The van der Waals surface area contributed by atoms with E-state index in [0.29, 0.717) is 30.5 Å². The first-order chi connectivity index (χ1) is 20.4. The molecule has 0 unspecified atom stereocenters. The number of methoxy groups -OCH3 is 1. The number of Topliss-reactive ketones (excluding diaryl/α,β-unsaturated/α-hetero) is 1. The number of likely N-dealkylation sites (tertiary alicyclic amines) is 1. The number of ketones is 1. The minimum absolute atomic E-state index is 0.0334. The van der Waals surface area contributed by atoms with Gasteiger partial charge in [-0.3, -0.25) is 9.69 Å². The maximum atomic E-state index is 14.0. The Morgan fingerprint density at radius 2 is 1.62 bits per heavy atom. The molecule has 216 valence electrons. The third-order valence-electron chi connectivity index (χ3n) is 9.43. The molecule has 7 heteroatoms. The van der Waals surface area contributed by atoms with Crippen molar-refractivity contribution < 1.29 is 23.9 Å². The van der Waals surface area contributed by atoms with Crippen molar-refractivity contribution in [2.24, 2.45) is 5.41 Å². The number of carbonyl (C=O) groups excluding carboxylic acids is 3. The predicted octanol–water partition coefficient (Wildman–Crippen LogP) is 5.67. The molecule has 1 saturated heterocycles. The first-order valence-corrected chi connectivity index (χ1v) is 14.6. The van der Waals surface area contributed by atoms with Crippen LogP contribution in [0.4, 0.5) is 5.69 Å². The highest BCUT2D eigenvalue weighted by molar-refractivity contribution is 5.96. The summed E-state index contributed by atoms with van der Waals surface area (Å²) in [5, 5.41) is 3.60. The lowest BCUT2D eigenvalue weighted by Crippen LogP contribution is -2.60. The third-order valence-corrected chi connectivity index (χ3v) is 9.43. The fraction of sp³-hybridized carbons (Fsp3) is 0.343. The van der Waals surface area contributed by atoms with Crippen LogP contribution < -0.4 is 5.32 Å². The van der Waals surface area contributed by atoms with Crippen LogP contribution in [-0.4, -0.2) is 48.9 Å². The zero-order valence-corrected chi connectivity index (χ0v) is 24.1.